The Morgan fingerprint density at radius 3 is 2.46 bits per heavy atom. The third kappa shape index (κ3) is 5.09. The van der Waals surface area contributed by atoms with Crippen molar-refractivity contribution in [2.45, 2.75) is 43.6 Å². The fraction of sp³-hybridized carbons (Fsp3) is 0.406. The second-order valence-corrected chi connectivity index (χ2v) is 11.3. The van der Waals surface area contributed by atoms with Crippen molar-refractivity contribution in [2.75, 3.05) is 31.1 Å². The van der Waals surface area contributed by atoms with E-state index in [0.29, 0.717) is 43.1 Å². The molecule has 3 fully saturated rings. The summed E-state index contributed by atoms with van der Waals surface area (Å²) in [7, 11) is 0. The number of fused-ring (bicyclic) bond motifs is 1. The maximum Gasteiger partial charge on any atom is 0.253 e. The van der Waals surface area contributed by atoms with E-state index >= 15 is 0 Å². The van der Waals surface area contributed by atoms with E-state index in [1.807, 2.05) is 30.3 Å². The van der Waals surface area contributed by atoms with E-state index in [1.54, 1.807) is 41.3 Å². The summed E-state index contributed by atoms with van der Waals surface area (Å²) < 4.78 is 6.60. The minimum atomic E-state index is -1.15. The van der Waals surface area contributed by atoms with E-state index in [9.17, 15) is 19.5 Å². The molecular weight excluding hydrogens is 542 g/mol. The highest BCUT2D eigenvalue weighted by Crippen LogP contribution is 2.59. The molecule has 3 saturated heterocycles. The summed E-state index contributed by atoms with van der Waals surface area (Å²) in [6, 6.07) is 15.7. The number of ether oxygens (including phenoxy) is 1. The molecule has 3 aliphatic heterocycles. The van der Waals surface area contributed by atoms with Gasteiger partial charge in [-0.05, 0) is 37.0 Å². The Hall–Kier alpha value is -3.46. The number of benzene rings is 2. The lowest BCUT2D eigenvalue weighted by molar-refractivity contribution is -0.145. The molecule has 0 radical (unpaired) electrons. The van der Waals surface area contributed by atoms with Gasteiger partial charge in [-0.3, -0.25) is 14.4 Å². The number of hydrogen-bond acceptors (Lipinski definition) is 5. The second kappa shape index (κ2) is 12.2. The number of para-hydroxylation sites is 1. The summed E-state index contributed by atoms with van der Waals surface area (Å²) in [6.45, 7) is 8.57. The average molecular weight is 578 g/mol. The molecule has 5 atom stereocenters. The van der Waals surface area contributed by atoms with Crippen molar-refractivity contribution in [2.24, 2.45) is 11.8 Å². The number of anilines is 1. The van der Waals surface area contributed by atoms with Crippen LogP contribution in [0.5, 0.6) is 0 Å². The number of hydrogen-bond donors (Lipinski definition) is 1. The van der Waals surface area contributed by atoms with E-state index in [1.165, 1.54) is 9.80 Å². The van der Waals surface area contributed by atoms with E-state index in [4.69, 9.17) is 16.3 Å². The first-order valence-corrected chi connectivity index (χ1v) is 14.4. The third-order valence-corrected chi connectivity index (χ3v) is 8.79. The predicted octanol–water partition coefficient (Wildman–Crippen LogP) is 3.83. The van der Waals surface area contributed by atoms with Crippen molar-refractivity contribution in [1.82, 2.24) is 9.80 Å². The fourth-order valence-corrected chi connectivity index (χ4v) is 7.09. The van der Waals surface area contributed by atoms with Gasteiger partial charge in [-0.25, -0.2) is 0 Å². The van der Waals surface area contributed by atoms with Gasteiger partial charge in [-0.15, -0.1) is 13.2 Å². The van der Waals surface area contributed by atoms with Gasteiger partial charge in [0.05, 0.1) is 28.6 Å². The van der Waals surface area contributed by atoms with Gasteiger partial charge < -0.3 is 24.5 Å². The van der Waals surface area contributed by atoms with E-state index in [-0.39, 0.29) is 37.4 Å². The van der Waals surface area contributed by atoms with Crippen LogP contribution < -0.4 is 4.90 Å². The van der Waals surface area contributed by atoms with Crippen LogP contribution in [0.15, 0.2) is 79.9 Å². The zero-order chi connectivity index (χ0) is 29.1. The standard InChI is InChI=1S/C32H36ClN3O5/c1-3-17-34(21-22-11-6-5-7-12-22)29(38)26-25-15-16-32(41-25)27(26)30(39)36(19-10-20-37)28(32)31(40)35(18-4-2)24-14-9-8-13-23(24)33/h3-9,11-14,25-28,37H,1-2,10,15-21H2/t25-,26+,27-,28?,32?/m0/s1. The highest BCUT2D eigenvalue weighted by Gasteiger charge is 2.74. The van der Waals surface area contributed by atoms with Gasteiger partial charge in [0.15, 0.2) is 0 Å². The Kier molecular flexibility index (Phi) is 8.63. The zero-order valence-corrected chi connectivity index (χ0v) is 23.8. The summed E-state index contributed by atoms with van der Waals surface area (Å²) >= 11 is 6.51. The summed E-state index contributed by atoms with van der Waals surface area (Å²) in [5.74, 6) is -2.33. The monoisotopic (exact) mass is 577 g/mol. The molecule has 2 bridgehead atoms. The number of halogens is 1. The molecule has 2 aromatic carbocycles. The second-order valence-electron chi connectivity index (χ2n) is 10.8. The normalized spacial score (nSPS) is 26.1. The zero-order valence-electron chi connectivity index (χ0n) is 23.0. The van der Waals surface area contributed by atoms with Crippen LogP contribution >= 0.6 is 11.6 Å². The smallest absolute Gasteiger partial charge is 0.253 e. The number of nitrogens with zero attached hydrogens (tertiary/aromatic N) is 3. The highest BCUT2D eigenvalue weighted by atomic mass is 35.5. The number of amides is 3. The van der Waals surface area contributed by atoms with Gasteiger partial charge in [0.2, 0.25) is 11.8 Å². The van der Waals surface area contributed by atoms with Crippen molar-refractivity contribution < 1.29 is 24.2 Å². The number of likely N-dealkylation sites (tertiary alicyclic amines) is 1. The van der Waals surface area contributed by atoms with Crippen molar-refractivity contribution >= 4 is 35.0 Å². The Balaban J connectivity index is 1.52. The Labute approximate surface area is 245 Å². The molecule has 1 spiro atoms. The minimum Gasteiger partial charge on any atom is -0.396 e. The Morgan fingerprint density at radius 1 is 1.07 bits per heavy atom. The van der Waals surface area contributed by atoms with Crippen LogP contribution in [-0.4, -0.2) is 76.6 Å². The molecule has 0 aromatic heterocycles. The molecule has 9 heteroatoms. The van der Waals surface area contributed by atoms with Gasteiger partial charge in [0.25, 0.3) is 5.91 Å². The summed E-state index contributed by atoms with van der Waals surface area (Å²) in [6.07, 6.45) is 4.17. The molecule has 3 heterocycles. The minimum absolute atomic E-state index is 0.140. The van der Waals surface area contributed by atoms with Crippen molar-refractivity contribution in [3.63, 3.8) is 0 Å². The van der Waals surface area contributed by atoms with E-state index < -0.39 is 29.6 Å². The maximum absolute atomic E-state index is 14.5. The van der Waals surface area contributed by atoms with Gasteiger partial charge in [-0.2, -0.15) is 0 Å². The molecule has 0 aliphatic carbocycles. The summed E-state index contributed by atoms with van der Waals surface area (Å²) in [5, 5.41) is 10.0. The van der Waals surface area contributed by atoms with Crippen molar-refractivity contribution in [1.29, 1.82) is 0 Å². The quantitative estimate of drug-likeness (QED) is 0.387. The number of carbonyl (C=O) groups excluding carboxylic acids is 3. The first-order chi connectivity index (χ1) is 19.9. The molecule has 1 N–H and O–H groups in total. The average Bonchev–Trinajstić information content (AvgIpc) is 3.62. The molecule has 0 saturated carbocycles. The van der Waals surface area contributed by atoms with Gasteiger partial charge in [-0.1, -0.05) is 66.2 Å². The van der Waals surface area contributed by atoms with Crippen LogP contribution in [0.1, 0.15) is 24.8 Å². The SMILES string of the molecule is C=CCN(Cc1ccccc1)C(=O)[C@@H]1[C@@H]2CCC3(O2)C(C(=O)N(CC=C)c2ccccc2Cl)N(CCCO)C(=O)[C@H]13. The predicted molar refractivity (Wildman–Crippen MR) is 157 cm³/mol. The molecular formula is C32H36ClN3O5. The molecule has 216 valence electrons. The Morgan fingerprint density at radius 2 is 1.78 bits per heavy atom. The van der Waals surface area contributed by atoms with Crippen LogP contribution in [0.25, 0.3) is 0 Å². The topological polar surface area (TPSA) is 90.4 Å². The fourth-order valence-electron chi connectivity index (χ4n) is 6.85. The Bertz CT molecular complexity index is 1320. The molecule has 8 nitrogen and oxygen atoms in total. The molecule has 41 heavy (non-hydrogen) atoms. The van der Waals surface area contributed by atoms with E-state index in [2.05, 4.69) is 13.2 Å². The first-order valence-electron chi connectivity index (χ1n) is 14.1. The van der Waals surface area contributed by atoms with Gasteiger partial charge >= 0.3 is 0 Å². The van der Waals surface area contributed by atoms with Crippen LogP contribution in [0.3, 0.4) is 0 Å². The van der Waals surface area contributed by atoms with Crippen LogP contribution in [0.2, 0.25) is 5.02 Å². The van der Waals surface area contributed by atoms with Crippen LogP contribution in [0.4, 0.5) is 5.69 Å². The van der Waals surface area contributed by atoms with Crippen molar-refractivity contribution in [3.8, 4) is 0 Å². The molecule has 3 amide bonds. The van der Waals surface area contributed by atoms with Gasteiger partial charge in [0.1, 0.15) is 11.6 Å². The molecule has 2 unspecified atom stereocenters. The molecule has 5 rings (SSSR count). The van der Waals surface area contributed by atoms with Crippen LogP contribution in [0, 0.1) is 11.8 Å². The lowest BCUT2D eigenvalue weighted by Gasteiger charge is -2.37. The highest BCUT2D eigenvalue weighted by molar-refractivity contribution is 6.34. The number of carbonyl (C=O) groups is 3. The van der Waals surface area contributed by atoms with Gasteiger partial charge in [0, 0.05) is 32.8 Å². The largest absolute Gasteiger partial charge is 0.396 e. The molecule has 2 aromatic rings. The maximum atomic E-state index is 14.5. The van der Waals surface area contributed by atoms with Crippen molar-refractivity contribution in [3.05, 3.63) is 90.5 Å². The van der Waals surface area contributed by atoms with Crippen LogP contribution in [-0.2, 0) is 25.7 Å². The summed E-state index contributed by atoms with van der Waals surface area (Å²) in [4.78, 5) is 47.6. The number of aliphatic hydroxyl groups is 1. The number of aliphatic hydroxyl groups excluding tert-OH is 1. The first kappa shape index (κ1) is 29.0. The molecule has 3 aliphatic rings. The number of rotatable bonds is 12. The lowest BCUT2D eigenvalue weighted by Crippen LogP contribution is -2.56. The third-order valence-electron chi connectivity index (χ3n) is 8.47. The summed E-state index contributed by atoms with van der Waals surface area (Å²) in [5.41, 5.74) is 0.326. The van der Waals surface area contributed by atoms with E-state index in [0.717, 1.165) is 5.56 Å². The lowest BCUT2D eigenvalue weighted by atomic mass is 9.70.